The molecule has 2 heterocycles. The van der Waals surface area contributed by atoms with Crippen molar-refractivity contribution in [3.05, 3.63) is 41.5 Å². The third-order valence-corrected chi connectivity index (χ3v) is 3.78. The van der Waals surface area contributed by atoms with Gasteiger partial charge in [0, 0.05) is 23.9 Å². The van der Waals surface area contributed by atoms with Gasteiger partial charge < -0.3 is 19.1 Å². The summed E-state index contributed by atoms with van der Waals surface area (Å²) in [7, 11) is 4.57. The van der Waals surface area contributed by atoms with E-state index in [1.54, 1.807) is 23.2 Å². The number of hydrogen-bond donors (Lipinski definition) is 0. The Balaban J connectivity index is 1.92. The number of ether oxygens (including phenoxy) is 3. The van der Waals surface area contributed by atoms with E-state index in [0.717, 1.165) is 11.3 Å². The minimum atomic E-state index is -0.123. The Morgan fingerprint density at radius 1 is 1.09 bits per heavy atom. The van der Waals surface area contributed by atoms with Crippen LogP contribution < -0.4 is 14.2 Å². The molecule has 0 N–H and O–H groups in total. The molecule has 0 saturated carbocycles. The molecule has 1 aliphatic heterocycles. The molecule has 0 bridgehead atoms. The second-order valence-corrected chi connectivity index (χ2v) is 5.07. The van der Waals surface area contributed by atoms with E-state index in [0.29, 0.717) is 35.9 Å². The number of benzene rings is 1. The van der Waals surface area contributed by atoms with Crippen LogP contribution in [0.3, 0.4) is 0 Å². The molecule has 7 nitrogen and oxygen atoms in total. The van der Waals surface area contributed by atoms with Crippen molar-refractivity contribution in [1.29, 1.82) is 0 Å². The number of aromatic nitrogens is 2. The van der Waals surface area contributed by atoms with Crippen LogP contribution in [-0.2, 0) is 13.1 Å². The molecule has 7 heteroatoms. The molecule has 1 aliphatic rings. The first-order valence-corrected chi connectivity index (χ1v) is 7.05. The highest BCUT2D eigenvalue weighted by atomic mass is 16.5. The highest BCUT2D eigenvalue weighted by Crippen LogP contribution is 2.38. The summed E-state index contributed by atoms with van der Waals surface area (Å²) in [6, 6.07) is 3.30. The predicted molar refractivity (Wildman–Crippen MR) is 81.7 cm³/mol. The predicted octanol–water partition coefficient (Wildman–Crippen LogP) is 1.66. The van der Waals surface area contributed by atoms with Gasteiger partial charge in [-0.3, -0.25) is 4.79 Å². The molecular weight excluding hydrogens is 298 g/mol. The Hall–Kier alpha value is -2.83. The van der Waals surface area contributed by atoms with E-state index in [1.807, 2.05) is 0 Å². The number of hydrogen-bond acceptors (Lipinski definition) is 6. The highest BCUT2D eigenvalue weighted by molar-refractivity contribution is 5.96. The largest absolute Gasteiger partial charge is 0.493 e. The van der Waals surface area contributed by atoms with Crippen LogP contribution in [0.2, 0.25) is 0 Å². The molecule has 23 heavy (non-hydrogen) atoms. The summed E-state index contributed by atoms with van der Waals surface area (Å²) in [5.41, 5.74) is 2.31. The second-order valence-electron chi connectivity index (χ2n) is 5.07. The standard InChI is InChI=1S/C16H17N3O4/c1-21-13-4-10(5-14(22-2)15(13)23-3)16(20)19-7-11-6-17-9-18-12(11)8-19/h4-6,9H,7-8H2,1-3H3. The molecule has 1 aromatic heterocycles. The fourth-order valence-electron chi connectivity index (χ4n) is 2.63. The van der Waals surface area contributed by atoms with Gasteiger partial charge in [-0.1, -0.05) is 0 Å². The summed E-state index contributed by atoms with van der Waals surface area (Å²) in [6.45, 7) is 0.957. The number of amides is 1. The van der Waals surface area contributed by atoms with Crippen LogP contribution in [0.25, 0.3) is 0 Å². The minimum Gasteiger partial charge on any atom is -0.493 e. The number of rotatable bonds is 4. The van der Waals surface area contributed by atoms with Crippen LogP contribution in [0, 0.1) is 0 Å². The average molecular weight is 315 g/mol. The van der Waals surface area contributed by atoms with Crippen LogP contribution in [0.1, 0.15) is 21.6 Å². The van der Waals surface area contributed by atoms with Gasteiger partial charge in [0.1, 0.15) is 6.33 Å². The van der Waals surface area contributed by atoms with Gasteiger partial charge in [-0.05, 0) is 12.1 Å². The number of nitrogens with zero attached hydrogens (tertiary/aromatic N) is 3. The Morgan fingerprint density at radius 3 is 2.35 bits per heavy atom. The van der Waals surface area contributed by atoms with E-state index in [2.05, 4.69) is 9.97 Å². The summed E-state index contributed by atoms with van der Waals surface area (Å²) < 4.78 is 15.9. The monoisotopic (exact) mass is 315 g/mol. The van der Waals surface area contributed by atoms with Gasteiger partial charge in [0.05, 0.1) is 33.6 Å². The zero-order chi connectivity index (χ0) is 16.4. The SMILES string of the molecule is COc1cc(C(=O)N2Cc3cncnc3C2)cc(OC)c1OC. The normalized spacial score (nSPS) is 12.7. The van der Waals surface area contributed by atoms with Gasteiger partial charge in [0.2, 0.25) is 5.75 Å². The van der Waals surface area contributed by atoms with Crippen molar-refractivity contribution in [2.45, 2.75) is 13.1 Å². The Bertz CT molecular complexity index is 698. The van der Waals surface area contributed by atoms with Gasteiger partial charge in [-0.15, -0.1) is 0 Å². The molecule has 0 radical (unpaired) electrons. The smallest absolute Gasteiger partial charge is 0.254 e. The number of methoxy groups -OCH3 is 3. The summed E-state index contributed by atoms with van der Waals surface area (Å²) in [5, 5.41) is 0. The van der Waals surface area contributed by atoms with Crippen molar-refractivity contribution in [3.8, 4) is 17.2 Å². The Morgan fingerprint density at radius 2 is 1.78 bits per heavy atom. The Kier molecular flexibility index (Phi) is 4.01. The lowest BCUT2D eigenvalue weighted by atomic mass is 10.1. The lowest BCUT2D eigenvalue weighted by Gasteiger charge is -2.18. The maximum atomic E-state index is 12.8. The van der Waals surface area contributed by atoms with E-state index in [4.69, 9.17) is 14.2 Å². The molecule has 1 amide bonds. The first kappa shape index (κ1) is 15.1. The van der Waals surface area contributed by atoms with Gasteiger partial charge in [0.15, 0.2) is 11.5 Å². The molecule has 3 rings (SSSR count). The molecule has 0 spiro atoms. The third kappa shape index (κ3) is 2.65. The average Bonchev–Trinajstić information content (AvgIpc) is 3.03. The fourth-order valence-corrected chi connectivity index (χ4v) is 2.63. The maximum Gasteiger partial charge on any atom is 0.254 e. The first-order valence-electron chi connectivity index (χ1n) is 7.05. The first-order chi connectivity index (χ1) is 11.2. The van der Waals surface area contributed by atoms with Crippen molar-refractivity contribution >= 4 is 5.91 Å². The Labute approximate surface area is 133 Å². The summed E-state index contributed by atoms with van der Waals surface area (Å²) in [5.74, 6) is 1.24. The molecule has 120 valence electrons. The minimum absolute atomic E-state index is 0.123. The number of carbonyl (C=O) groups excluding carboxylic acids is 1. The second kappa shape index (κ2) is 6.12. The van der Waals surface area contributed by atoms with Crippen LogP contribution in [-0.4, -0.2) is 42.1 Å². The van der Waals surface area contributed by atoms with Crippen LogP contribution >= 0.6 is 0 Å². The number of carbonyl (C=O) groups is 1. The van der Waals surface area contributed by atoms with Gasteiger partial charge >= 0.3 is 0 Å². The third-order valence-electron chi connectivity index (χ3n) is 3.78. The van der Waals surface area contributed by atoms with E-state index >= 15 is 0 Å². The van der Waals surface area contributed by atoms with Gasteiger partial charge in [-0.2, -0.15) is 0 Å². The fraction of sp³-hybridized carbons (Fsp3) is 0.312. The molecule has 0 fully saturated rings. The molecule has 0 atom stereocenters. The summed E-state index contributed by atoms with van der Waals surface area (Å²) >= 11 is 0. The quantitative estimate of drug-likeness (QED) is 0.854. The zero-order valence-electron chi connectivity index (χ0n) is 13.2. The van der Waals surface area contributed by atoms with E-state index < -0.39 is 0 Å². The molecule has 1 aromatic carbocycles. The van der Waals surface area contributed by atoms with E-state index in [1.165, 1.54) is 27.7 Å². The maximum absolute atomic E-state index is 12.8. The van der Waals surface area contributed by atoms with Crippen LogP contribution in [0.5, 0.6) is 17.2 Å². The molecular formula is C16H17N3O4. The molecule has 2 aromatic rings. The summed E-state index contributed by atoms with van der Waals surface area (Å²) in [4.78, 5) is 22.7. The van der Waals surface area contributed by atoms with Crippen molar-refractivity contribution in [2.24, 2.45) is 0 Å². The molecule has 0 saturated heterocycles. The van der Waals surface area contributed by atoms with E-state index in [-0.39, 0.29) is 5.91 Å². The lowest BCUT2D eigenvalue weighted by Crippen LogP contribution is -2.25. The lowest BCUT2D eigenvalue weighted by molar-refractivity contribution is 0.0749. The number of fused-ring (bicyclic) bond motifs is 1. The molecule has 0 aliphatic carbocycles. The zero-order valence-corrected chi connectivity index (χ0v) is 13.2. The van der Waals surface area contributed by atoms with Gasteiger partial charge in [-0.25, -0.2) is 9.97 Å². The van der Waals surface area contributed by atoms with Crippen molar-refractivity contribution in [1.82, 2.24) is 14.9 Å². The van der Waals surface area contributed by atoms with Crippen molar-refractivity contribution in [3.63, 3.8) is 0 Å². The van der Waals surface area contributed by atoms with Gasteiger partial charge in [0.25, 0.3) is 5.91 Å². The van der Waals surface area contributed by atoms with Crippen LogP contribution in [0.15, 0.2) is 24.7 Å². The van der Waals surface area contributed by atoms with Crippen molar-refractivity contribution in [2.75, 3.05) is 21.3 Å². The van der Waals surface area contributed by atoms with Crippen molar-refractivity contribution < 1.29 is 19.0 Å². The van der Waals surface area contributed by atoms with E-state index in [9.17, 15) is 4.79 Å². The molecule has 0 unspecified atom stereocenters. The van der Waals surface area contributed by atoms with Crippen LogP contribution in [0.4, 0.5) is 0 Å². The highest BCUT2D eigenvalue weighted by Gasteiger charge is 2.27. The summed E-state index contributed by atoms with van der Waals surface area (Å²) in [6.07, 6.45) is 3.23. The topological polar surface area (TPSA) is 73.8 Å².